The lowest BCUT2D eigenvalue weighted by Crippen LogP contribution is -3.27. The molecule has 0 radical (unpaired) electrons. The van der Waals surface area contributed by atoms with Crippen molar-refractivity contribution in [3.63, 3.8) is 0 Å². The third kappa shape index (κ3) is 4.78. The predicted octanol–water partition coefficient (Wildman–Crippen LogP) is -0.813. The summed E-state index contributed by atoms with van der Waals surface area (Å²) in [6.07, 6.45) is 0. The first-order valence-electron chi connectivity index (χ1n) is 7.24. The van der Waals surface area contributed by atoms with Gasteiger partial charge in [-0.2, -0.15) is 0 Å². The molecule has 0 unspecified atom stereocenters. The van der Waals surface area contributed by atoms with Crippen molar-refractivity contribution in [3.8, 4) is 0 Å². The summed E-state index contributed by atoms with van der Waals surface area (Å²) in [5, 5.41) is 0.785. The van der Waals surface area contributed by atoms with E-state index in [2.05, 4.69) is 12.1 Å². The molecule has 2 N–H and O–H groups in total. The first kappa shape index (κ1) is 15.3. The SMILES string of the molecule is CCOC(=O)C[NH+]1CC[NH+](Cc2ccc(Cl)cc2)CC1. The number of piperazine rings is 1. The van der Waals surface area contributed by atoms with Crippen LogP contribution in [0.1, 0.15) is 12.5 Å². The maximum absolute atomic E-state index is 11.5. The molecule has 1 heterocycles. The second-order valence-electron chi connectivity index (χ2n) is 5.29. The highest BCUT2D eigenvalue weighted by Gasteiger charge is 2.25. The molecule has 2 rings (SSSR count). The standard InChI is InChI=1S/C15H21ClN2O2/c1-2-20-15(19)12-18-9-7-17(8-10-18)11-13-3-5-14(16)6-4-13/h3-6H,2,7-12H2,1H3/p+2. The lowest BCUT2D eigenvalue weighted by molar-refractivity contribution is -1.02. The molecule has 0 bridgehead atoms. The normalized spacial score (nSPS) is 22.5. The lowest BCUT2D eigenvalue weighted by Gasteiger charge is -2.29. The number of hydrogen-bond donors (Lipinski definition) is 2. The van der Waals surface area contributed by atoms with Gasteiger partial charge < -0.3 is 14.5 Å². The minimum absolute atomic E-state index is 0.0800. The molecule has 0 aromatic heterocycles. The Morgan fingerprint density at radius 2 is 1.75 bits per heavy atom. The molecule has 20 heavy (non-hydrogen) atoms. The molecule has 0 spiro atoms. The second kappa shape index (κ2) is 7.62. The maximum Gasteiger partial charge on any atom is 0.361 e. The maximum atomic E-state index is 11.5. The summed E-state index contributed by atoms with van der Waals surface area (Å²) in [5.41, 5.74) is 1.32. The van der Waals surface area contributed by atoms with Crippen molar-refractivity contribution >= 4 is 17.6 Å². The number of benzene rings is 1. The number of rotatable bonds is 5. The fourth-order valence-electron chi connectivity index (χ4n) is 2.62. The van der Waals surface area contributed by atoms with Crippen LogP contribution in [0.15, 0.2) is 24.3 Å². The topological polar surface area (TPSA) is 35.2 Å². The van der Waals surface area contributed by atoms with Gasteiger partial charge >= 0.3 is 5.97 Å². The second-order valence-corrected chi connectivity index (χ2v) is 5.72. The van der Waals surface area contributed by atoms with E-state index in [-0.39, 0.29) is 5.97 Å². The summed E-state index contributed by atoms with van der Waals surface area (Å²) in [7, 11) is 0. The van der Waals surface area contributed by atoms with Crippen molar-refractivity contribution < 1.29 is 19.3 Å². The van der Waals surface area contributed by atoms with Gasteiger partial charge in [-0.05, 0) is 19.1 Å². The fourth-order valence-corrected chi connectivity index (χ4v) is 2.74. The van der Waals surface area contributed by atoms with Gasteiger partial charge in [-0.25, -0.2) is 4.79 Å². The number of nitrogens with one attached hydrogen (secondary N) is 2. The molecule has 0 saturated carbocycles. The van der Waals surface area contributed by atoms with Crippen molar-refractivity contribution in [3.05, 3.63) is 34.9 Å². The van der Waals surface area contributed by atoms with Gasteiger partial charge in [0, 0.05) is 10.6 Å². The molecule has 0 atom stereocenters. The molecule has 0 aliphatic carbocycles. The Labute approximate surface area is 125 Å². The fraction of sp³-hybridized carbons (Fsp3) is 0.533. The van der Waals surface area contributed by atoms with E-state index in [0.717, 1.165) is 37.7 Å². The Kier molecular flexibility index (Phi) is 5.83. The van der Waals surface area contributed by atoms with Gasteiger partial charge in [-0.15, -0.1) is 0 Å². The van der Waals surface area contributed by atoms with Crippen molar-refractivity contribution in [2.24, 2.45) is 0 Å². The first-order chi connectivity index (χ1) is 9.67. The Hall–Kier alpha value is -1.10. The molecule has 1 fully saturated rings. The van der Waals surface area contributed by atoms with Gasteiger partial charge in [0.25, 0.3) is 0 Å². The van der Waals surface area contributed by atoms with E-state index in [1.807, 2.05) is 19.1 Å². The lowest BCUT2D eigenvalue weighted by atomic mass is 10.2. The van der Waals surface area contributed by atoms with Gasteiger partial charge in [0.2, 0.25) is 0 Å². The van der Waals surface area contributed by atoms with Crippen LogP contribution in [-0.4, -0.2) is 45.3 Å². The van der Waals surface area contributed by atoms with Gasteiger partial charge in [-0.1, -0.05) is 23.7 Å². The van der Waals surface area contributed by atoms with E-state index in [0.29, 0.717) is 13.2 Å². The molecule has 110 valence electrons. The van der Waals surface area contributed by atoms with Crippen LogP contribution in [0.25, 0.3) is 0 Å². The predicted molar refractivity (Wildman–Crippen MR) is 78.0 cm³/mol. The van der Waals surface area contributed by atoms with Crippen LogP contribution in [0.5, 0.6) is 0 Å². The molecule has 1 saturated heterocycles. The van der Waals surface area contributed by atoms with Crippen molar-refractivity contribution in [2.45, 2.75) is 13.5 Å². The molecule has 1 aliphatic rings. The summed E-state index contributed by atoms with van der Waals surface area (Å²) in [6.45, 7) is 8.10. The highest BCUT2D eigenvalue weighted by Crippen LogP contribution is 2.08. The van der Waals surface area contributed by atoms with Gasteiger partial charge in [0.1, 0.15) is 32.7 Å². The van der Waals surface area contributed by atoms with Crippen LogP contribution >= 0.6 is 11.6 Å². The molecule has 1 aromatic rings. The number of quaternary nitrogens is 2. The largest absolute Gasteiger partial charge is 0.462 e. The monoisotopic (exact) mass is 298 g/mol. The minimum Gasteiger partial charge on any atom is -0.462 e. The average molecular weight is 299 g/mol. The van der Waals surface area contributed by atoms with Gasteiger partial charge in [0.05, 0.1) is 6.61 Å². The highest BCUT2D eigenvalue weighted by molar-refractivity contribution is 6.30. The summed E-state index contributed by atoms with van der Waals surface area (Å²) >= 11 is 5.89. The van der Waals surface area contributed by atoms with E-state index in [1.54, 1.807) is 4.90 Å². The third-order valence-electron chi connectivity index (χ3n) is 3.73. The smallest absolute Gasteiger partial charge is 0.361 e. The number of esters is 1. The van der Waals surface area contributed by atoms with E-state index < -0.39 is 0 Å². The van der Waals surface area contributed by atoms with Crippen LogP contribution in [0, 0.1) is 0 Å². The van der Waals surface area contributed by atoms with Crippen molar-refractivity contribution in [1.82, 2.24) is 0 Å². The molecule has 1 aliphatic heterocycles. The Bertz CT molecular complexity index is 428. The van der Waals surface area contributed by atoms with Gasteiger partial charge in [-0.3, -0.25) is 0 Å². The summed E-state index contributed by atoms with van der Waals surface area (Å²) < 4.78 is 5.00. The zero-order valence-electron chi connectivity index (χ0n) is 12.0. The van der Waals surface area contributed by atoms with Crippen molar-refractivity contribution in [1.29, 1.82) is 0 Å². The average Bonchev–Trinajstić information content (AvgIpc) is 2.44. The van der Waals surface area contributed by atoms with Crippen LogP contribution in [0.4, 0.5) is 0 Å². The molecule has 5 heteroatoms. The molecular weight excluding hydrogens is 276 g/mol. The van der Waals surface area contributed by atoms with Crippen LogP contribution < -0.4 is 9.80 Å². The molecule has 4 nitrogen and oxygen atoms in total. The number of halogens is 1. The van der Waals surface area contributed by atoms with Crippen molar-refractivity contribution in [2.75, 3.05) is 39.3 Å². The van der Waals surface area contributed by atoms with Gasteiger partial charge in [0.15, 0.2) is 6.54 Å². The third-order valence-corrected chi connectivity index (χ3v) is 3.98. The summed E-state index contributed by atoms with van der Waals surface area (Å²) in [5.74, 6) is -0.0800. The van der Waals surface area contributed by atoms with Crippen LogP contribution in [-0.2, 0) is 16.1 Å². The zero-order chi connectivity index (χ0) is 14.4. The van der Waals surface area contributed by atoms with E-state index in [4.69, 9.17) is 16.3 Å². The quantitative estimate of drug-likeness (QED) is 0.697. The van der Waals surface area contributed by atoms with Crippen LogP contribution in [0.2, 0.25) is 5.02 Å². The van der Waals surface area contributed by atoms with E-state index >= 15 is 0 Å². The summed E-state index contributed by atoms with van der Waals surface area (Å²) in [6, 6.07) is 8.07. The molecular formula is C15H23ClN2O2+2. The highest BCUT2D eigenvalue weighted by atomic mass is 35.5. The van der Waals surface area contributed by atoms with Crippen LogP contribution in [0.3, 0.4) is 0 Å². The Balaban J connectivity index is 1.74. The number of carbonyl (C=O) groups is 1. The zero-order valence-corrected chi connectivity index (χ0v) is 12.7. The first-order valence-corrected chi connectivity index (χ1v) is 7.62. The van der Waals surface area contributed by atoms with E-state index in [9.17, 15) is 4.79 Å². The number of carbonyl (C=O) groups excluding carboxylic acids is 1. The summed E-state index contributed by atoms with van der Waals surface area (Å²) in [4.78, 5) is 14.4. The Morgan fingerprint density at radius 3 is 2.35 bits per heavy atom. The van der Waals surface area contributed by atoms with E-state index in [1.165, 1.54) is 10.5 Å². The Morgan fingerprint density at radius 1 is 1.15 bits per heavy atom. The molecule has 0 amide bonds. The minimum atomic E-state index is -0.0800. The molecule has 1 aromatic carbocycles. The number of ether oxygens (including phenoxy) is 1. The number of hydrogen-bond acceptors (Lipinski definition) is 2.